The summed E-state index contributed by atoms with van der Waals surface area (Å²) in [4.78, 5) is 18.8. The maximum absolute atomic E-state index is 4.80. The van der Waals surface area contributed by atoms with E-state index in [-0.39, 0.29) is 5.41 Å². The summed E-state index contributed by atoms with van der Waals surface area (Å²) in [5.74, 6) is 0. The van der Waals surface area contributed by atoms with Crippen molar-refractivity contribution >= 4 is 43.4 Å². The van der Waals surface area contributed by atoms with E-state index in [2.05, 4.69) is 121 Å². The third kappa shape index (κ3) is 4.70. The number of aromatic nitrogens is 4. The van der Waals surface area contributed by atoms with Crippen LogP contribution in [0.1, 0.15) is 36.4 Å². The van der Waals surface area contributed by atoms with E-state index in [0.717, 1.165) is 53.2 Å². The largest absolute Gasteiger partial charge is 0.233 e. The molecule has 8 aromatic rings. The number of thiazole rings is 2. The maximum atomic E-state index is 4.80. The predicted octanol–water partition coefficient (Wildman–Crippen LogP) is 11.3. The zero-order valence-electron chi connectivity index (χ0n) is 26.5. The average Bonchev–Trinajstić information content (AvgIpc) is 3.77. The lowest BCUT2D eigenvalue weighted by molar-refractivity contribution is 0.661. The van der Waals surface area contributed by atoms with Gasteiger partial charge >= 0.3 is 0 Å². The zero-order chi connectivity index (χ0) is 31.9. The molecule has 0 N–H and O–H groups in total. The molecule has 4 nitrogen and oxygen atoms in total. The molecule has 0 fully saturated rings. The van der Waals surface area contributed by atoms with Crippen LogP contribution in [0.2, 0.25) is 0 Å². The second-order valence-corrected chi connectivity index (χ2v) is 14.9. The smallest absolute Gasteiger partial charge is 0.171 e. The molecule has 1 aliphatic rings. The quantitative estimate of drug-likeness (QED) is 0.192. The van der Waals surface area contributed by atoms with Crippen molar-refractivity contribution in [2.45, 2.75) is 33.1 Å². The van der Waals surface area contributed by atoms with Gasteiger partial charge in [-0.3, -0.25) is 0 Å². The summed E-state index contributed by atoms with van der Waals surface area (Å²) >= 11 is 3.38. The Morgan fingerprint density at radius 2 is 0.809 bits per heavy atom. The van der Waals surface area contributed by atoms with Crippen LogP contribution >= 0.6 is 22.7 Å². The second kappa shape index (κ2) is 10.5. The van der Waals surface area contributed by atoms with Crippen molar-refractivity contribution in [2.24, 2.45) is 0 Å². The van der Waals surface area contributed by atoms with E-state index in [1.807, 2.05) is 26.0 Å². The molecule has 4 heterocycles. The molecule has 0 saturated heterocycles. The molecule has 0 amide bonds. The molecular formula is C41H30N4S2. The van der Waals surface area contributed by atoms with Gasteiger partial charge < -0.3 is 0 Å². The highest BCUT2D eigenvalue weighted by Gasteiger charge is 2.35. The Hall–Kier alpha value is -5.04. The summed E-state index contributed by atoms with van der Waals surface area (Å²) in [6, 6.07) is 39.8. The Morgan fingerprint density at radius 3 is 1.23 bits per heavy atom. The number of benzene rings is 4. The molecule has 0 bridgehead atoms. The first-order valence-electron chi connectivity index (χ1n) is 15.8. The highest BCUT2D eigenvalue weighted by Crippen LogP contribution is 2.50. The third-order valence-electron chi connectivity index (χ3n) is 9.39. The first-order valence-corrected chi connectivity index (χ1v) is 17.4. The Bertz CT molecular complexity index is 2330. The summed E-state index contributed by atoms with van der Waals surface area (Å²) < 4.78 is 2.24. The van der Waals surface area contributed by atoms with Crippen molar-refractivity contribution in [2.75, 3.05) is 0 Å². The molecule has 6 heteroatoms. The number of pyridine rings is 2. The van der Waals surface area contributed by atoms with Crippen LogP contribution in [0.4, 0.5) is 0 Å². The van der Waals surface area contributed by atoms with Crippen molar-refractivity contribution in [3.63, 3.8) is 0 Å². The fourth-order valence-corrected chi connectivity index (χ4v) is 8.61. The molecule has 0 unspecified atom stereocenters. The molecule has 0 spiro atoms. The van der Waals surface area contributed by atoms with E-state index in [1.165, 1.54) is 44.5 Å². The van der Waals surface area contributed by atoms with Crippen LogP contribution in [0.25, 0.3) is 75.2 Å². The number of fused-ring (bicyclic) bond motifs is 5. The van der Waals surface area contributed by atoms with Gasteiger partial charge in [0.15, 0.2) is 11.3 Å². The van der Waals surface area contributed by atoms with E-state index < -0.39 is 0 Å². The topological polar surface area (TPSA) is 51.6 Å². The Balaban J connectivity index is 0.997. The number of hydrogen-bond acceptors (Lipinski definition) is 6. The lowest BCUT2D eigenvalue weighted by Crippen LogP contribution is -2.15. The summed E-state index contributed by atoms with van der Waals surface area (Å²) in [7, 11) is 0. The predicted molar refractivity (Wildman–Crippen MR) is 197 cm³/mol. The van der Waals surface area contributed by atoms with Gasteiger partial charge in [-0.15, -0.1) is 22.7 Å². The van der Waals surface area contributed by atoms with Gasteiger partial charge in [0.05, 0.1) is 9.40 Å². The first-order chi connectivity index (χ1) is 22.8. The number of nitrogens with zero attached hydrogens (tertiary/aromatic N) is 4. The van der Waals surface area contributed by atoms with E-state index >= 15 is 0 Å². The second-order valence-electron chi connectivity index (χ2n) is 12.9. The van der Waals surface area contributed by atoms with Gasteiger partial charge in [-0.05, 0) is 94.8 Å². The third-order valence-corrected chi connectivity index (χ3v) is 11.5. The van der Waals surface area contributed by atoms with Crippen LogP contribution in [0.3, 0.4) is 0 Å². The molecule has 0 atom stereocenters. The van der Waals surface area contributed by atoms with Crippen molar-refractivity contribution in [3.8, 4) is 54.5 Å². The van der Waals surface area contributed by atoms with Crippen molar-refractivity contribution < 1.29 is 0 Å². The molecule has 0 saturated carbocycles. The van der Waals surface area contributed by atoms with E-state index in [4.69, 9.17) is 9.97 Å². The average molecular weight is 643 g/mol. The van der Waals surface area contributed by atoms with Crippen LogP contribution in [0.15, 0.2) is 109 Å². The minimum absolute atomic E-state index is 0.116. The highest BCUT2D eigenvalue weighted by molar-refractivity contribution is 7.22. The molecular weight excluding hydrogens is 613 g/mol. The molecule has 0 radical (unpaired) electrons. The van der Waals surface area contributed by atoms with E-state index in [0.29, 0.717) is 0 Å². The monoisotopic (exact) mass is 642 g/mol. The van der Waals surface area contributed by atoms with Crippen LogP contribution in [0.5, 0.6) is 0 Å². The molecule has 0 aliphatic heterocycles. The SMILES string of the molecule is Cc1ccc2sc(-c3ccc(-c4ccc5c(c4)C(C)(C)c4cc(-c6ccc(-c7nc8nc(C)ccc8s7)cc6)ccc4-5)cc3)nc2n1. The van der Waals surface area contributed by atoms with Gasteiger partial charge in [-0.25, -0.2) is 19.9 Å². The number of aryl methyl sites for hydroxylation is 2. The van der Waals surface area contributed by atoms with Crippen molar-refractivity contribution in [1.29, 1.82) is 0 Å². The summed E-state index contributed by atoms with van der Waals surface area (Å²) in [5, 5.41) is 2.01. The minimum Gasteiger partial charge on any atom is -0.233 e. The standard InChI is InChI=1S/C41H30N4S2/c1-23-5-19-35-37(42-23)44-39(46-35)27-11-7-25(8-12-27)29-15-17-31-32-18-16-30(22-34(32)41(3,4)33(31)21-29)26-9-13-28(14-10-26)40-45-38-36(47-40)20-6-24(2)43-38/h5-22H,1-4H3. The van der Waals surface area contributed by atoms with Crippen molar-refractivity contribution in [1.82, 2.24) is 19.9 Å². The van der Waals surface area contributed by atoms with E-state index in [9.17, 15) is 0 Å². The van der Waals surface area contributed by atoms with Gasteiger partial charge in [-0.1, -0.05) is 86.6 Å². The van der Waals surface area contributed by atoms with Gasteiger partial charge in [-0.2, -0.15) is 0 Å². The Kier molecular flexibility index (Phi) is 6.30. The molecule has 9 rings (SSSR count). The van der Waals surface area contributed by atoms with Gasteiger partial charge in [0.1, 0.15) is 10.0 Å². The summed E-state index contributed by atoms with van der Waals surface area (Å²) in [5.41, 5.74) is 16.0. The number of rotatable bonds is 4. The molecule has 1 aliphatic carbocycles. The van der Waals surface area contributed by atoms with Gasteiger partial charge in [0, 0.05) is 27.9 Å². The van der Waals surface area contributed by atoms with Crippen LogP contribution < -0.4 is 0 Å². The molecule has 4 aromatic heterocycles. The van der Waals surface area contributed by atoms with E-state index in [1.54, 1.807) is 22.7 Å². The van der Waals surface area contributed by atoms with Crippen LogP contribution in [0, 0.1) is 13.8 Å². The lowest BCUT2D eigenvalue weighted by Gasteiger charge is -2.22. The maximum Gasteiger partial charge on any atom is 0.171 e. The van der Waals surface area contributed by atoms with Gasteiger partial charge in [0.2, 0.25) is 0 Å². The van der Waals surface area contributed by atoms with Crippen LogP contribution in [-0.2, 0) is 5.41 Å². The Labute approximate surface area is 281 Å². The normalized spacial score (nSPS) is 13.3. The molecule has 47 heavy (non-hydrogen) atoms. The lowest BCUT2D eigenvalue weighted by atomic mass is 9.81. The highest BCUT2D eigenvalue weighted by atomic mass is 32.1. The molecule has 226 valence electrons. The Morgan fingerprint density at radius 1 is 0.426 bits per heavy atom. The fraction of sp³-hybridized carbons (Fsp3) is 0.122. The van der Waals surface area contributed by atoms with Gasteiger partial charge in [0.25, 0.3) is 0 Å². The first kappa shape index (κ1) is 28.2. The van der Waals surface area contributed by atoms with Crippen molar-refractivity contribution in [3.05, 3.63) is 132 Å². The molecule has 4 aromatic carbocycles. The fourth-order valence-electron chi connectivity index (χ4n) is 6.78. The van der Waals surface area contributed by atoms with Crippen LogP contribution in [-0.4, -0.2) is 19.9 Å². The summed E-state index contributed by atoms with van der Waals surface area (Å²) in [6.45, 7) is 8.71. The number of hydrogen-bond donors (Lipinski definition) is 0. The zero-order valence-corrected chi connectivity index (χ0v) is 28.1. The summed E-state index contributed by atoms with van der Waals surface area (Å²) in [6.07, 6.45) is 0. The minimum atomic E-state index is -0.116.